The van der Waals surface area contributed by atoms with E-state index < -0.39 is 0 Å². The molecule has 3 unspecified atom stereocenters. The second kappa shape index (κ2) is 5.89. The summed E-state index contributed by atoms with van der Waals surface area (Å²) in [4.78, 5) is 5.58. The molecule has 0 aromatic carbocycles. The van der Waals surface area contributed by atoms with Crippen molar-refractivity contribution in [3.05, 3.63) is 0 Å². The summed E-state index contributed by atoms with van der Waals surface area (Å²) in [5.41, 5.74) is 0. The molecule has 3 heteroatoms. The molecule has 18 heavy (non-hydrogen) atoms. The van der Waals surface area contributed by atoms with Gasteiger partial charge in [-0.05, 0) is 51.7 Å². The van der Waals surface area contributed by atoms with Gasteiger partial charge in [0.05, 0.1) is 0 Å². The first-order valence-corrected chi connectivity index (χ1v) is 8.10. The van der Waals surface area contributed by atoms with E-state index in [0.717, 1.165) is 18.1 Å². The number of nitrogens with zero attached hydrogens (tertiary/aromatic N) is 2. The Balaban J connectivity index is 1.63. The lowest BCUT2D eigenvalue weighted by Crippen LogP contribution is -2.47. The second-order valence-electron chi connectivity index (χ2n) is 6.39. The normalized spacial score (nSPS) is 38.8. The van der Waals surface area contributed by atoms with E-state index in [9.17, 15) is 0 Å². The van der Waals surface area contributed by atoms with Gasteiger partial charge >= 0.3 is 0 Å². The van der Waals surface area contributed by atoms with Gasteiger partial charge in [0.1, 0.15) is 0 Å². The Hall–Kier alpha value is -0.120. The Bertz CT molecular complexity index is 268. The van der Waals surface area contributed by atoms with Crippen LogP contribution >= 0.6 is 0 Å². The van der Waals surface area contributed by atoms with Gasteiger partial charge in [0.15, 0.2) is 0 Å². The van der Waals surface area contributed by atoms with E-state index in [1.807, 2.05) is 0 Å². The van der Waals surface area contributed by atoms with Crippen molar-refractivity contribution in [2.45, 2.75) is 63.6 Å². The third-order valence-electron chi connectivity index (χ3n) is 5.19. The van der Waals surface area contributed by atoms with Crippen molar-refractivity contribution >= 4 is 0 Å². The zero-order chi connectivity index (χ0) is 12.4. The van der Waals surface area contributed by atoms with Crippen molar-refractivity contribution in [1.29, 1.82) is 0 Å². The first-order chi connectivity index (χ1) is 8.88. The van der Waals surface area contributed by atoms with E-state index in [1.165, 1.54) is 71.2 Å². The predicted octanol–water partition coefficient (Wildman–Crippen LogP) is 1.69. The third-order valence-corrected chi connectivity index (χ3v) is 5.19. The van der Waals surface area contributed by atoms with Gasteiger partial charge < -0.3 is 5.32 Å². The Kier molecular flexibility index (Phi) is 4.22. The van der Waals surface area contributed by atoms with E-state index in [4.69, 9.17) is 0 Å². The van der Waals surface area contributed by atoms with Crippen LogP contribution in [-0.2, 0) is 0 Å². The predicted molar refractivity (Wildman–Crippen MR) is 75.9 cm³/mol. The molecule has 0 bridgehead atoms. The van der Waals surface area contributed by atoms with E-state index in [2.05, 4.69) is 22.0 Å². The molecule has 3 nitrogen and oxygen atoms in total. The highest BCUT2D eigenvalue weighted by Gasteiger charge is 2.40. The molecule has 0 aromatic rings. The lowest BCUT2D eigenvalue weighted by Gasteiger charge is -2.33. The van der Waals surface area contributed by atoms with Crippen LogP contribution in [0, 0.1) is 0 Å². The van der Waals surface area contributed by atoms with Crippen molar-refractivity contribution in [1.82, 2.24) is 15.1 Å². The number of fused-ring (bicyclic) bond motifs is 1. The molecule has 3 saturated heterocycles. The standard InChI is InChI=1S/C15H29N3/c1-2-5-13-12-18(10-4-8-16-13)15-7-11-17-9-3-6-14(15)17/h13-16H,2-12H2,1H3. The second-order valence-corrected chi connectivity index (χ2v) is 6.39. The number of nitrogens with one attached hydrogen (secondary N) is 1. The van der Waals surface area contributed by atoms with Crippen molar-refractivity contribution in [2.24, 2.45) is 0 Å². The zero-order valence-electron chi connectivity index (χ0n) is 11.9. The minimum absolute atomic E-state index is 0.743. The maximum atomic E-state index is 3.74. The third kappa shape index (κ3) is 2.59. The maximum Gasteiger partial charge on any atom is 0.0264 e. The molecule has 3 aliphatic heterocycles. The molecule has 0 saturated carbocycles. The monoisotopic (exact) mass is 251 g/mol. The summed E-state index contributed by atoms with van der Waals surface area (Å²) in [5, 5.41) is 3.74. The van der Waals surface area contributed by atoms with E-state index in [-0.39, 0.29) is 0 Å². The van der Waals surface area contributed by atoms with Crippen LogP contribution in [0.4, 0.5) is 0 Å². The molecule has 3 rings (SSSR count). The highest BCUT2D eigenvalue weighted by Crippen LogP contribution is 2.31. The van der Waals surface area contributed by atoms with E-state index >= 15 is 0 Å². The lowest BCUT2D eigenvalue weighted by molar-refractivity contribution is 0.155. The van der Waals surface area contributed by atoms with Crippen LogP contribution in [0.25, 0.3) is 0 Å². The first kappa shape index (κ1) is 12.9. The molecule has 104 valence electrons. The molecule has 0 radical (unpaired) electrons. The quantitative estimate of drug-likeness (QED) is 0.823. The van der Waals surface area contributed by atoms with Gasteiger partial charge in [0.2, 0.25) is 0 Å². The van der Waals surface area contributed by atoms with Crippen LogP contribution in [-0.4, -0.2) is 60.6 Å². The summed E-state index contributed by atoms with van der Waals surface area (Å²) in [6, 6.07) is 2.50. The van der Waals surface area contributed by atoms with Gasteiger partial charge in [0.25, 0.3) is 0 Å². The van der Waals surface area contributed by atoms with Crippen LogP contribution in [0.15, 0.2) is 0 Å². The molecule has 0 amide bonds. The topological polar surface area (TPSA) is 18.5 Å². The summed E-state index contributed by atoms with van der Waals surface area (Å²) >= 11 is 0. The Labute approximate surface area is 112 Å². The number of hydrogen-bond donors (Lipinski definition) is 1. The first-order valence-electron chi connectivity index (χ1n) is 8.10. The summed E-state index contributed by atoms with van der Waals surface area (Å²) in [6.07, 6.45) is 8.30. The average molecular weight is 251 g/mol. The summed E-state index contributed by atoms with van der Waals surface area (Å²) in [7, 11) is 0. The molecular weight excluding hydrogens is 222 g/mol. The number of hydrogen-bond acceptors (Lipinski definition) is 3. The smallest absolute Gasteiger partial charge is 0.0264 e. The maximum absolute atomic E-state index is 3.74. The molecule has 3 fully saturated rings. The molecule has 0 aliphatic carbocycles. The van der Waals surface area contributed by atoms with Crippen LogP contribution in [0.2, 0.25) is 0 Å². The van der Waals surface area contributed by atoms with Gasteiger partial charge in [-0.1, -0.05) is 13.3 Å². The van der Waals surface area contributed by atoms with Gasteiger partial charge in [-0.15, -0.1) is 0 Å². The van der Waals surface area contributed by atoms with Gasteiger partial charge in [0, 0.05) is 31.2 Å². The van der Waals surface area contributed by atoms with Gasteiger partial charge in [-0.25, -0.2) is 0 Å². The lowest BCUT2D eigenvalue weighted by atomic mass is 10.0. The summed E-state index contributed by atoms with van der Waals surface area (Å²) in [5.74, 6) is 0. The Morgan fingerprint density at radius 3 is 2.72 bits per heavy atom. The van der Waals surface area contributed by atoms with Crippen molar-refractivity contribution in [3.63, 3.8) is 0 Å². The molecule has 0 aromatic heterocycles. The highest BCUT2D eigenvalue weighted by atomic mass is 15.3. The Morgan fingerprint density at radius 2 is 1.83 bits per heavy atom. The van der Waals surface area contributed by atoms with E-state index in [1.54, 1.807) is 0 Å². The highest BCUT2D eigenvalue weighted by molar-refractivity contribution is 4.98. The molecule has 3 heterocycles. The molecular formula is C15H29N3. The van der Waals surface area contributed by atoms with Crippen LogP contribution in [0.5, 0.6) is 0 Å². The van der Waals surface area contributed by atoms with Gasteiger partial charge in [-0.2, -0.15) is 0 Å². The zero-order valence-corrected chi connectivity index (χ0v) is 11.9. The van der Waals surface area contributed by atoms with Crippen LogP contribution in [0.3, 0.4) is 0 Å². The Morgan fingerprint density at radius 1 is 1.00 bits per heavy atom. The molecule has 0 spiro atoms. The summed E-state index contributed by atoms with van der Waals surface area (Å²) in [6.45, 7) is 8.88. The van der Waals surface area contributed by atoms with Crippen LogP contribution in [0.1, 0.15) is 45.4 Å². The fourth-order valence-corrected chi connectivity index (χ4v) is 4.35. The average Bonchev–Trinajstić information content (AvgIpc) is 2.89. The van der Waals surface area contributed by atoms with E-state index in [0.29, 0.717) is 0 Å². The van der Waals surface area contributed by atoms with Crippen molar-refractivity contribution in [2.75, 3.05) is 32.7 Å². The molecule has 3 aliphatic rings. The minimum atomic E-state index is 0.743. The fourth-order valence-electron chi connectivity index (χ4n) is 4.35. The van der Waals surface area contributed by atoms with Gasteiger partial charge in [-0.3, -0.25) is 9.80 Å². The fraction of sp³-hybridized carbons (Fsp3) is 1.00. The molecule has 3 atom stereocenters. The SMILES string of the molecule is CCCC1CN(C2CCN3CCCC23)CCCN1. The molecule has 1 N–H and O–H groups in total. The van der Waals surface area contributed by atoms with Crippen molar-refractivity contribution < 1.29 is 0 Å². The summed E-state index contributed by atoms with van der Waals surface area (Å²) < 4.78 is 0. The van der Waals surface area contributed by atoms with Crippen molar-refractivity contribution in [3.8, 4) is 0 Å². The largest absolute Gasteiger partial charge is 0.313 e. The van der Waals surface area contributed by atoms with Crippen LogP contribution < -0.4 is 5.32 Å². The number of rotatable bonds is 3. The minimum Gasteiger partial charge on any atom is -0.313 e.